The second-order valence-corrected chi connectivity index (χ2v) is 2.89. The molecule has 0 radical (unpaired) electrons. The zero-order valence-corrected chi connectivity index (χ0v) is 7.57. The molecule has 0 saturated heterocycles. The second-order valence-electron chi connectivity index (χ2n) is 2.89. The van der Waals surface area contributed by atoms with Crippen LogP contribution in [-0.4, -0.2) is 19.8 Å². The summed E-state index contributed by atoms with van der Waals surface area (Å²) in [6.45, 7) is 0. The molecular formula is C9H7N3O3. The van der Waals surface area contributed by atoms with Gasteiger partial charge in [0.2, 0.25) is 0 Å². The molecule has 0 unspecified atom stereocenters. The maximum atomic E-state index is 10.4. The molecule has 0 amide bonds. The molecule has 0 spiro atoms. The molecule has 0 bridgehead atoms. The van der Waals surface area contributed by atoms with Crippen molar-refractivity contribution in [2.45, 2.75) is 0 Å². The molecule has 1 N–H and O–H groups in total. The zero-order chi connectivity index (χ0) is 10.8. The Morgan fingerprint density at radius 1 is 1.27 bits per heavy atom. The van der Waals surface area contributed by atoms with Gasteiger partial charge in [0.1, 0.15) is 5.75 Å². The van der Waals surface area contributed by atoms with E-state index in [4.69, 9.17) is 5.11 Å². The van der Waals surface area contributed by atoms with Gasteiger partial charge in [0.25, 0.3) is 0 Å². The molecule has 76 valence electrons. The van der Waals surface area contributed by atoms with E-state index in [0.717, 1.165) is 0 Å². The Morgan fingerprint density at radius 3 is 2.47 bits per heavy atom. The SMILES string of the molecule is O=[N+]([O-])c1ccn(-c2ccc(O)cc2)n1. The summed E-state index contributed by atoms with van der Waals surface area (Å²) < 4.78 is 1.37. The Balaban J connectivity index is 2.37. The number of rotatable bonds is 2. The molecule has 6 heteroatoms. The van der Waals surface area contributed by atoms with Gasteiger partial charge in [-0.1, -0.05) is 0 Å². The Labute approximate surface area is 84.5 Å². The van der Waals surface area contributed by atoms with E-state index in [2.05, 4.69) is 5.10 Å². The Bertz CT molecular complexity index is 490. The lowest BCUT2D eigenvalue weighted by Gasteiger charge is -1.95. The normalized spacial score (nSPS) is 10.1. The first-order chi connectivity index (χ1) is 7.16. The van der Waals surface area contributed by atoms with Crippen LogP contribution in [0.5, 0.6) is 5.75 Å². The first kappa shape index (κ1) is 9.20. The molecule has 0 aliphatic carbocycles. The van der Waals surface area contributed by atoms with Gasteiger partial charge in [-0.2, -0.15) is 0 Å². The molecule has 1 heterocycles. The van der Waals surface area contributed by atoms with Gasteiger partial charge in [0.15, 0.2) is 0 Å². The summed E-state index contributed by atoms with van der Waals surface area (Å²) in [5.74, 6) is -0.0662. The molecule has 0 saturated carbocycles. The van der Waals surface area contributed by atoms with E-state index in [9.17, 15) is 10.1 Å². The Morgan fingerprint density at radius 2 is 1.93 bits per heavy atom. The standard InChI is InChI=1S/C9H7N3O3/c13-8-3-1-7(2-4-8)11-6-5-9(10-11)12(14)15/h1-6,13H. The quantitative estimate of drug-likeness (QED) is 0.594. The van der Waals surface area contributed by atoms with Gasteiger partial charge in [-0.3, -0.25) is 0 Å². The van der Waals surface area contributed by atoms with E-state index in [1.54, 1.807) is 12.1 Å². The van der Waals surface area contributed by atoms with E-state index in [-0.39, 0.29) is 11.6 Å². The minimum absolute atomic E-state index is 0.139. The summed E-state index contributed by atoms with van der Waals surface area (Å²) in [6, 6.07) is 7.52. The van der Waals surface area contributed by atoms with Crippen molar-refractivity contribution in [3.8, 4) is 11.4 Å². The first-order valence-corrected chi connectivity index (χ1v) is 4.16. The third-order valence-electron chi connectivity index (χ3n) is 1.88. The third-order valence-corrected chi connectivity index (χ3v) is 1.88. The Hall–Kier alpha value is -2.37. The van der Waals surface area contributed by atoms with Crippen molar-refractivity contribution in [2.24, 2.45) is 0 Å². The van der Waals surface area contributed by atoms with Crippen LogP contribution in [0.4, 0.5) is 5.82 Å². The van der Waals surface area contributed by atoms with Gasteiger partial charge in [-0.05, 0) is 29.2 Å². The molecule has 0 aliphatic heterocycles. The Kier molecular flexibility index (Phi) is 2.09. The van der Waals surface area contributed by atoms with Crippen LogP contribution < -0.4 is 0 Å². The topological polar surface area (TPSA) is 81.2 Å². The van der Waals surface area contributed by atoms with Crippen molar-refractivity contribution in [3.63, 3.8) is 0 Å². The fraction of sp³-hybridized carbons (Fsp3) is 0. The van der Waals surface area contributed by atoms with Crippen LogP contribution in [0, 0.1) is 10.1 Å². The maximum absolute atomic E-state index is 10.4. The molecule has 6 nitrogen and oxygen atoms in total. The molecule has 0 aliphatic rings. The average Bonchev–Trinajstić information content (AvgIpc) is 2.68. The number of nitro groups is 1. The van der Waals surface area contributed by atoms with Crippen LogP contribution >= 0.6 is 0 Å². The smallest absolute Gasteiger partial charge is 0.390 e. The summed E-state index contributed by atoms with van der Waals surface area (Å²) in [5, 5.41) is 23.2. The number of hydrogen-bond donors (Lipinski definition) is 1. The molecule has 1 aromatic carbocycles. The monoisotopic (exact) mass is 205 g/mol. The van der Waals surface area contributed by atoms with Crippen LogP contribution in [0.2, 0.25) is 0 Å². The van der Waals surface area contributed by atoms with E-state index in [0.29, 0.717) is 5.69 Å². The average molecular weight is 205 g/mol. The van der Waals surface area contributed by atoms with Crippen molar-refractivity contribution in [1.29, 1.82) is 0 Å². The number of aromatic nitrogens is 2. The van der Waals surface area contributed by atoms with Crippen LogP contribution in [0.15, 0.2) is 36.5 Å². The number of aromatic hydroxyl groups is 1. The van der Waals surface area contributed by atoms with E-state index < -0.39 is 4.92 Å². The number of benzene rings is 1. The summed E-state index contributed by atoms with van der Waals surface area (Å²) in [6.07, 6.45) is 1.49. The van der Waals surface area contributed by atoms with E-state index in [1.807, 2.05) is 0 Å². The lowest BCUT2D eigenvalue weighted by Crippen LogP contribution is -1.95. The largest absolute Gasteiger partial charge is 0.508 e. The highest BCUT2D eigenvalue weighted by Crippen LogP contribution is 2.15. The van der Waals surface area contributed by atoms with Crippen molar-refractivity contribution < 1.29 is 10.0 Å². The van der Waals surface area contributed by atoms with E-state index >= 15 is 0 Å². The third kappa shape index (κ3) is 1.78. The highest BCUT2D eigenvalue weighted by molar-refractivity contribution is 5.37. The fourth-order valence-corrected chi connectivity index (χ4v) is 1.16. The van der Waals surface area contributed by atoms with E-state index in [1.165, 1.54) is 29.1 Å². The second kappa shape index (κ2) is 3.41. The predicted molar refractivity (Wildman–Crippen MR) is 51.9 cm³/mol. The van der Waals surface area contributed by atoms with Gasteiger partial charge in [-0.25, -0.2) is 0 Å². The molecule has 1 aromatic heterocycles. The molecule has 0 fully saturated rings. The molecular weight excluding hydrogens is 198 g/mol. The first-order valence-electron chi connectivity index (χ1n) is 4.16. The maximum Gasteiger partial charge on any atom is 0.390 e. The summed E-state index contributed by atoms with van der Waals surface area (Å²) in [4.78, 5) is 9.83. The van der Waals surface area contributed by atoms with Gasteiger partial charge >= 0.3 is 5.82 Å². The number of phenols is 1. The van der Waals surface area contributed by atoms with Crippen LogP contribution in [0.25, 0.3) is 5.69 Å². The number of nitrogens with zero attached hydrogens (tertiary/aromatic N) is 3. The number of phenolic OH excluding ortho intramolecular Hbond substituents is 1. The highest BCUT2D eigenvalue weighted by Gasteiger charge is 2.11. The molecule has 15 heavy (non-hydrogen) atoms. The minimum Gasteiger partial charge on any atom is -0.508 e. The summed E-state index contributed by atoms with van der Waals surface area (Å²) in [5.41, 5.74) is 0.654. The fourth-order valence-electron chi connectivity index (χ4n) is 1.16. The lowest BCUT2D eigenvalue weighted by molar-refractivity contribution is -0.389. The summed E-state index contributed by atoms with van der Waals surface area (Å²) >= 11 is 0. The molecule has 0 atom stereocenters. The van der Waals surface area contributed by atoms with Crippen LogP contribution in [0.3, 0.4) is 0 Å². The molecule has 2 rings (SSSR count). The van der Waals surface area contributed by atoms with Crippen LogP contribution in [-0.2, 0) is 0 Å². The summed E-state index contributed by atoms with van der Waals surface area (Å²) in [7, 11) is 0. The van der Waals surface area contributed by atoms with Gasteiger partial charge in [0.05, 0.1) is 23.0 Å². The van der Waals surface area contributed by atoms with Crippen molar-refractivity contribution >= 4 is 5.82 Å². The highest BCUT2D eigenvalue weighted by atomic mass is 16.6. The molecule has 2 aromatic rings. The predicted octanol–water partition coefficient (Wildman–Crippen LogP) is 1.49. The lowest BCUT2D eigenvalue weighted by atomic mass is 10.3. The van der Waals surface area contributed by atoms with Gasteiger partial charge in [-0.15, -0.1) is 4.68 Å². The van der Waals surface area contributed by atoms with Gasteiger partial charge < -0.3 is 15.2 Å². The van der Waals surface area contributed by atoms with Crippen LogP contribution in [0.1, 0.15) is 0 Å². The zero-order valence-electron chi connectivity index (χ0n) is 7.57. The van der Waals surface area contributed by atoms with Gasteiger partial charge in [0, 0.05) is 0 Å². The number of hydrogen-bond acceptors (Lipinski definition) is 4. The van der Waals surface area contributed by atoms with Crippen molar-refractivity contribution in [3.05, 3.63) is 46.6 Å². The minimum atomic E-state index is -0.559. The van der Waals surface area contributed by atoms with Crippen molar-refractivity contribution in [1.82, 2.24) is 9.78 Å². The van der Waals surface area contributed by atoms with Crippen molar-refractivity contribution in [2.75, 3.05) is 0 Å².